The van der Waals surface area contributed by atoms with Gasteiger partial charge in [-0.1, -0.05) is 55.8 Å². The topological polar surface area (TPSA) is 58.9 Å². The minimum atomic E-state index is -3.79. The summed E-state index contributed by atoms with van der Waals surface area (Å²) in [6.07, 6.45) is -2.04. The number of benzene rings is 2. The van der Waals surface area contributed by atoms with Crippen molar-refractivity contribution >= 4 is 0 Å². The molecule has 4 rings (SSSR count). The van der Waals surface area contributed by atoms with Crippen LogP contribution in [0.2, 0.25) is 0 Å². The first-order valence-electron chi connectivity index (χ1n) is 10.4. The lowest BCUT2D eigenvalue weighted by molar-refractivity contribution is -0.225. The van der Waals surface area contributed by atoms with Crippen LogP contribution in [-0.2, 0) is 6.42 Å². The summed E-state index contributed by atoms with van der Waals surface area (Å²) in [6, 6.07) is 13.6. The fraction of sp³-hybridized carbons (Fsp3) is 0.417. The Labute approximate surface area is 174 Å². The number of alkyl halides is 2. The van der Waals surface area contributed by atoms with Gasteiger partial charge in [-0.05, 0) is 30.2 Å². The molecule has 0 radical (unpaired) electrons. The summed E-state index contributed by atoms with van der Waals surface area (Å²) in [5, 5.41) is 20.6. The van der Waals surface area contributed by atoms with Gasteiger partial charge in [0, 0.05) is 23.8 Å². The van der Waals surface area contributed by atoms with Crippen LogP contribution in [-0.4, -0.2) is 34.6 Å². The van der Waals surface area contributed by atoms with E-state index in [1.54, 1.807) is 18.2 Å². The van der Waals surface area contributed by atoms with E-state index in [0.717, 1.165) is 35.8 Å². The minimum Gasteiger partial charge on any atom is -0.489 e. The predicted octanol–water partition coefficient (Wildman–Crippen LogP) is 4.45. The first kappa shape index (κ1) is 20.8. The Morgan fingerprint density at radius 2 is 1.97 bits per heavy atom. The van der Waals surface area contributed by atoms with Crippen molar-refractivity contribution in [2.45, 2.75) is 56.5 Å². The van der Waals surface area contributed by atoms with Crippen molar-refractivity contribution in [3.05, 3.63) is 71.8 Å². The van der Waals surface area contributed by atoms with Gasteiger partial charge in [0.1, 0.15) is 17.6 Å². The first-order chi connectivity index (χ1) is 14.4. The lowest BCUT2D eigenvalue weighted by Gasteiger charge is -2.22. The van der Waals surface area contributed by atoms with Gasteiger partial charge in [-0.15, -0.1) is 0 Å². The molecule has 2 aromatic rings. The molecule has 0 bridgehead atoms. The number of hydrogen-bond donors (Lipinski definition) is 2. The number of para-hydroxylation sites is 2. The van der Waals surface area contributed by atoms with Gasteiger partial charge >= 0.3 is 6.11 Å². The largest absolute Gasteiger partial charge is 0.489 e. The second-order valence-electron chi connectivity index (χ2n) is 7.95. The standard InChI is InChI=1S/C24H26F2O4/c1-2-7-15-8-6-11-18-22-17(19(27)14-20(22)29-23(15)18)12-13-21(28)24(25,26)30-16-9-4-3-5-10-16/h3-6,8-13,17,19-22,27-28H,2,7,14H2,1H3/b13-12+/t17-,19+,20-,21+,22-/m0/s1. The Bertz CT molecular complexity index is 899. The number of fused-ring (bicyclic) bond motifs is 3. The molecule has 2 aromatic carbocycles. The summed E-state index contributed by atoms with van der Waals surface area (Å²) >= 11 is 0. The number of aryl methyl sites for hydroxylation is 1. The van der Waals surface area contributed by atoms with Crippen LogP contribution in [0, 0.1) is 5.92 Å². The molecule has 160 valence electrons. The second-order valence-corrected chi connectivity index (χ2v) is 7.95. The third kappa shape index (κ3) is 3.94. The number of aliphatic hydroxyl groups is 2. The fourth-order valence-corrected chi connectivity index (χ4v) is 4.49. The van der Waals surface area contributed by atoms with Gasteiger partial charge in [0.05, 0.1) is 6.10 Å². The predicted molar refractivity (Wildman–Crippen MR) is 109 cm³/mol. The molecule has 2 N–H and O–H groups in total. The van der Waals surface area contributed by atoms with Gasteiger partial charge in [-0.2, -0.15) is 8.78 Å². The molecule has 1 fully saturated rings. The smallest absolute Gasteiger partial charge is 0.428 e. The highest BCUT2D eigenvalue weighted by molar-refractivity contribution is 5.49. The van der Waals surface area contributed by atoms with Crippen molar-refractivity contribution in [2.75, 3.05) is 0 Å². The normalized spacial score (nSPS) is 26.3. The molecule has 0 spiro atoms. The van der Waals surface area contributed by atoms with Gasteiger partial charge in [-0.3, -0.25) is 0 Å². The van der Waals surface area contributed by atoms with Crippen LogP contribution in [0.3, 0.4) is 0 Å². The molecule has 0 aromatic heterocycles. The van der Waals surface area contributed by atoms with Crippen LogP contribution in [0.4, 0.5) is 8.78 Å². The summed E-state index contributed by atoms with van der Waals surface area (Å²) in [5.74, 6) is 0.282. The van der Waals surface area contributed by atoms with E-state index in [9.17, 15) is 19.0 Å². The Kier molecular flexibility index (Phi) is 5.80. The van der Waals surface area contributed by atoms with Crippen LogP contribution in [0.1, 0.15) is 36.8 Å². The van der Waals surface area contributed by atoms with E-state index in [1.807, 2.05) is 18.2 Å². The average Bonchev–Trinajstić information content (AvgIpc) is 3.22. The first-order valence-corrected chi connectivity index (χ1v) is 10.4. The molecule has 1 aliphatic carbocycles. The molecular weight excluding hydrogens is 390 g/mol. The highest BCUT2D eigenvalue weighted by Gasteiger charge is 2.49. The molecule has 1 heterocycles. The van der Waals surface area contributed by atoms with E-state index >= 15 is 0 Å². The molecule has 30 heavy (non-hydrogen) atoms. The van der Waals surface area contributed by atoms with Gasteiger partial charge in [0.25, 0.3) is 0 Å². The second kappa shape index (κ2) is 8.36. The monoisotopic (exact) mass is 416 g/mol. The lowest BCUT2D eigenvalue weighted by atomic mass is 9.86. The van der Waals surface area contributed by atoms with Crippen molar-refractivity contribution < 1.29 is 28.5 Å². The summed E-state index contributed by atoms with van der Waals surface area (Å²) < 4.78 is 39.4. The average molecular weight is 416 g/mol. The van der Waals surface area contributed by atoms with E-state index in [0.29, 0.717) is 6.42 Å². The van der Waals surface area contributed by atoms with E-state index in [4.69, 9.17) is 4.74 Å². The zero-order valence-electron chi connectivity index (χ0n) is 16.7. The highest BCUT2D eigenvalue weighted by atomic mass is 19.3. The van der Waals surface area contributed by atoms with E-state index in [-0.39, 0.29) is 17.8 Å². The SMILES string of the molecule is CCCc1cccc2c1O[C@H]1C[C@@H](O)[C@H](/C=C/[C@@H](O)C(F)(F)Oc3ccccc3)[C@@H]21. The third-order valence-corrected chi connectivity index (χ3v) is 5.87. The van der Waals surface area contributed by atoms with Crippen molar-refractivity contribution in [1.29, 1.82) is 0 Å². The zero-order chi connectivity index (χ0) is 21.3. The third-order valence-electron chi connectivity index (χ3n) is 5.87. The van der Waals surface area contributed by atoms with Crippen LogP contribution in [0.15, 0.2) is 60.7 Å². The van der Waals surface area contributed by atoms with Crippen molar-refractivity contribution in [1.82, 2.24) is 0 Å². The highest BCUT2D eigenvalue weighted by Crippen LogP contribution is 2.52. The Morgan fingerprint density at radius 1 is 1.20 bits per heavy atom. The number of halogens is 2. The molecule has 0 saturated heterocycles. The van der Waals surface area contributed by atoms with Crippen LogP contribution in [0.25, 0.3) is 0 Å². The van der Waals surface area contributed by atoms with Gasteiger partial charge < -0.3 is 19.7 Å². The molecule has 2 aliphatic rings. The summed E-state index contributed by atoms with van der Waals surface area (Å²) in [7, 11) is 0. The maximum Gasteiger partial charge on any atom is 0.428 e. The molecule has 6 heteroatoms. The van der Waals surface area contributed by atoms with Gasteiger partial charge in [-0.25, -0.2) is 0 Å². The Balaban J connectivity index is 1.52. The molecular formula is C24H26F2O4. The molecule has 0 amide bonds. The summed E-state index contributed by atoms with van der Waals surface area (Å²) in [4.78, 5) is 0. The molecule has 1 aliphatic heterocycles. The Hall–Kier alpha value is -2.44. The zero-order valence-corrected chi connectivity index (χ0v) is 16.7. The summed E-state index contributed by atoms with van der Waals surface area (Å²) in [5.41, 5.74) is 2.13. The van der Waals surface area contributed by atoms with E-state index in [2.05, 4.69) is 11.7 Å². The molecule has 4 nitrogen and oxygen atoms in total. The summed E-state index contributed by atoms with van der Waals surface area (Å²) in [6.45, 7) is 2.10. The van der Waals surface area contributed by atoms with Crippen molar-refractivity contribution in [3.8, 4) is 11.5 Å². The van der Waals surface area contributed by atoms with E-state index in [1.165, 1.54) is 18.2 Å². The fourth-order valence-electron chi connectivity index (χ4n) is 4.49. The van der Waals surface area contributed by atoms with Crippen LogP contribution in [0.5, 0.6) is 11.5 Å². The van der Waals surface area contributed by atoms with Crippen LogP contribution < -0.4 is 9.47 Å². The molecule has 5 atom stereocenters. The number of aliphatic hydroxyl groups excluding tert-OH is 2. The van der Waals surface area contributed by atoms with Crippen molar-refractivity contribution in [2.24, 2.45) is 5.92 Å². The number of ether oxygens (including phenoxy) is 2. The molecule has 0 unspecified atom stereocenters. The van der Waals surface area contributed by atoms with Gasteiger partial charge in [0.2, 0.25) is 0 Å². The van der Waals surface area contributed by atoms with Gasteiger partial charge in [0.15, 0.2) is 6.10 Å². The maximum absolute atomic E-state index is 14.3. The van der Waals surface area contributed by atoms with Crippen LogP contribution >= 0.6 is 0 Å². The number of hydrogen-bond acceptors (Lipinski definition) is 4. The Morgan fingerprint density at radius 3 is 2.70 bits per heavy atom. The minimum absolute atomic E-state index is 0.0301. The maximum atomic E-state index is 14.3. The number of rotatable bonds is 7. The lowest BCUT2D eigenvalue weighted by Crippen LogP contribution is -2.38. The molecule has 1 saturated carbocycles. The van der Waals surface area contributed by atoms with E-state index < -0.39 is 24.2 Å². The van der Waals surface area contributed by atoms with Crippen molar-refractivity contribution in [3.63, 3.8) is 0 Å². The quantitative estimate of drug-likeness (QED) is 0.655.